The standard InChI is InChI=1S/C22H22N6O/c1-29-19-8-6-18(7-9-19)27-10-12-28(13-11-27)22-14-21(24-16-25-22)26-20-5-3-2-4-17(20)15-23/h2-9,14,16H,10-13H2,1H3,(H,24,25,26). The number of anilines is 4. The Kier molecular flexibility index (Phi) is 5.43. The van der Waals surface area contributed by atoms with E-state index in [0.29, 0.717) is 11.4 Å². The molecule has 1 N–H and O–H groups in total. The maximum atomic E-state index is 9.26. The summed E-state index contributed by atoms with van der Waals surface area (Å²) in [5.74, 6) is 2.42. The van der Waals surface area contributed by atoms with E-state index >= 15 is 0 Å². The van der Waals surface area contributed by atoms with Crippen molar-refractivity contribution in [2.45, 2.75) is 0 Å². The van der Waals surface area contributed by atoms with Crippen molar-refractivity contribution in [1.29, 1.82) is 5.26 Å². The number of hydrogen-bond acceptors (Lipinski definition) is 7. The summed E-state index contributed by atoms with van der Waals surface area (Å²) in [5.41, 5.74) is 2.52. The van der Waals surface area contributed by atoms with Gasteiger partial charge in [-0.25, -0.2) is 9.97 Å². The van der Waals surface area contributed by atoms with Crippen molar-refractivity contribution in [1.82, 2.24) is 9.97 Å². The van der Waals surface area contributed by atoms with Gasteiger partial charge in [0.1, 0.15) is 29.8 Å². The average molecular weight is 386 g/mol. The van der Waals surface area contributed by atoms with Crippen LogP contribution in [0.3, 0.4) is 0 Å². The lowest BCUT2D eigenvalue weighted by Crippen LogP contribution is -2.46. The van der Waals surface area contributed by atoms with Gasteiger partial charge in [0, 0.05) is 37.9 Å². The molecule has 2 aromatic carbocycles. The molecule has 0 bridgehead atoms. The van der Waals surface area contributed by atoms with Gasteiger partial charge in [-0.3, -0.25) is 0 Å². The Hall–Kier alpha value is -3.79. The van der Waals surface area contributed by atoms with E-state index < -0.39 is 0 Å². The fourth-order valence-electron chi connectivity index (χ4n) is 3.40. The van der Waals surface area contributed by atoms with Gasteiger partial charge in [0.05, 0.1) is 18.4 Å². The van der Waals surface area contributed by atoms with Gasteiger partial charge in [-0.2, -0.15) is 5.26 Å². The van der Waals surface area contributed by atoms with Crippen LogP contribution in [0.4, 0.5) is 23.0 Å². The Morgan fingerprint density at radius 2 is 1.69 bits per heavy atom. The molecule has 146 valence electrons. The number of hydrogen-bond donors (Lipinski definition) is 1. The molecule has 0 spiro atoms. The normalized spacial score (nSPS) is 13.7. The molecule has 7 nitrogen and oxygen atoms in total. The van der Waals surface area contributed by atoms with Crippen molar-refractivity contribution in [3.63, 3.8) is 0 Å². The van der Waals surface area contributed by atoms with Gasteiger partial charge in [-0.05, 0) is 36.4 Å². The van der Waals surface area contributed by atoms with Crippen molar-refractivity contribution in [3.8, 4) is 11.8 Å². The average Bonchev–Trinajstić information content (AvgIpc) is 2.80. The lowest BCUT2D eigenvalue weighted by molar-refractivity contribution is 0.415. The number of methoxy groups -OCH3 is 1. The summed E-state index contributed by atoms with van der Waals surface area (Å²) in [6.07, 6.45) is 1.56. The van der Waals surface area contributed by atoms with Crippen LogP contribution in [0.15, 0.2) is 60.9 Å². The molecule has 1 aromatic heterocycles. The first-order valence-corrected chi connectivity index (χ1v) is 9.49. The number of rotatable bonds is 5. The van der Waals surface area contributed by atoms with Crippen LogP contribution in [0.1, 0.15) is 5.56 Å². The number of benzene rings is 2. The topological polar surface area (TPSA) is 77.3 Å². The Bertz CT molecular complexity index is 1010. The molecule has 0 radical (unpaired) electrons. The summed E-state index contributed by atoms with van der Waals surface area (Å²) in [5, 5.41) is 12.5. The summed E-state index contributed by atoms with van der Waals surface area (Å²) >= 11 is 0. The van der Waals surface area contributed by atoms with E-state index in [-0.39, 0.29) is 0 Å². The van der Waals surface area contributed by atoms with Crippen LogP contribution in [-0.2, 0) is 0 Å². The highest BCUT2D eigenvalue weighted by Crippen LogP contribution is 2.24. The second-order valence-electron chi connectivity index (χ2n) is 6.72. The first-order valence-electron chi connectivity index (χ1n) is 9.49. The lowest BCUT2D eigenvalue weighted by atomic mass is 10.2. The molecule has 0 aliphatic carbocycles. The summed E-state index contributed by atoms with van der Waals surface area (Å²) in [4.78, 5) is 13.4. The largest absolute Gasteiger partial charge is 0.497 e. The van der Waals surface area contributed by atoms with Crippen LogP contribution in [-0.4, -0.2) is 43.3 Å². The molecule has 0 atom stereocenters. The highest BCUT2D eigenvalue weighted by atomic mass is 16.5. The summed E-state index contributed by atoms with van der Waals surface area (Å²) in [6.45, 7) is 3.57. The van der Waals surface area contributed by atoms with Crippen molar-refractivity contribution >= 4 is 23.0 Å². The molecule has 7 heteroatoms. The van der Waals surface area contributed by atoms with E-state index in [4.69, 9.17) is 4.74 Å². The third-order valence-electron chi connectivity index (χ3n) is 5.00. The fraction of sp³-hybridized carbons (Fsp3) is 0.227. The molecule has 1 aliphatic heterocycles. The molecule has 1 saturated heterocycles. The SMILES string of the molecule is COc1ccc(N2CCN(c3cc(Nc4ccccc4C#N)ncn3)CC2)cc1. The number of aromatic nitrogens is 2. The van der Waals surface area contributed by atoms with Crippen molar-refractivity contribution < 1.29 is 4.74 Å². The van der Waals surface area contributed by atoms with Crippen LogP contribution < -0.4 is 19.9 Å². The predicted octanol–water partition coefficient (Wildman–Crippen LogP) is 3.43. The molecule has 1 aliphatic rings. The lowest BCUT2D eigenvalue weighted by Gasteiger charge is -2.36. The van der Waals surface area contributed by atoms with Crippen molar-refractivity contribution in [3.05, 3.63) is 66.5 Å². The third kappa shape index (κ3) is 4.22. The van der Waals surface area contributed by atoms with Crippen LogP contribution in [0.5, 0.6) is 5.75 Å². The maximum absolute atomic E-state index is 9.26. The van der Waals surface area contributed by atoms with Crippen molar-refractivity contribution in [2.75, 3.05) is 48.4 Å². The fourth-order valence-corrected chi connectivity index (χ4v) is 3.40. The molecule has 2 heterocycles. The van der Waals surface area contributed by atoms with Crippen LogP contribution in [0, 0.1) is 11.3 Å². The number of ether oxygens (including phenoxy) is 1. The van der Waals surface area contributed by atoms with Gasteiger partial charge < -0.3 is 19.9 Å². The molecule has 0 amide bonds. The Morgan fingerprint density at radius 3 is 2.41 bits per heavy atom. The van der Waals surface area contributed by atoms with E-state index in [1.165, 1.54) is 5.69 Å². The smallest absolute Gasteiger partial charge is 0.135 e. The van der Waals surface area contributed by atoms with E-state index in [1.54, 1.807) is 19.5 Å². The number of nitriles is 1. The zero-order valence-electron chi connectivity index (χ0n) is 16.2. The Labute approximate surface area is 170 Å². The van der Waals surface area contributed by atoms with Crippen LogP contribution in [0.25, 0.3) is 0 Å². The first-order chi connectivity index (χ1) is 14.3. The summed E-state index contributed by atoms with van der Waals surface area (Å²) in [6, 6.07) is 19.7. The van der Waals surface area contributed by atoms with Crippen molar-refractivity contribution in [2.24, 2.45) is 0 Å². The minimum atomic E-state index is 0.584. The first kappa shape index (κ1) is 18.6. The molecular formula is C22H22N6O. The maximum Gasteiger partial charge on any atom is 0.135 e. The highest BCUT2D eigenvalue weighted by Gasteiger charge is 2.19. The van der Waals surface area contributed by atoms with Gasteiger partial charge >= 0.3 is 0 Å². The second kappa shape index (κ2) is 8.48. The molecule has 1 fully saturated rings. The van der Waals surface area contributed by atoms with Crippen LogP contribution >= 0.6 is 0 Å². The quantitative estimate of drug-likeness (QED) is 0.720. The zero-order chi connectivity index (χ0) is 20.1. The monoisotopic (exact) mass is 386 g/mol. The summed E-state index contributed by atoms with van der Waals surface area (Å²) in [7, 11) is 1.68. The number of nitrogens with one attached hydrogen (secondary N) is 1. The molecule has 3 aromatic rings. The summed E-state index contributed by atoms with van der Waals surface area (Å²) < 4.78 is 5.24. The molecule has 29 heavy (non-hydrogen) atoms. The zero-order valence-corrected chi connectivity index (χ0v) is 16.2. The van der Waals surface area contributed by atoms with E-state index in [1.807, 2.05) is 36.4 Å². The number of nitrogens with zero attached hydrogens (tertiary/aromatic N) is 5. The minimum Gasteiger partial charge on any atom is -0.497 e. The molecule has 0 saturated carbocycles. The molecule has 4 rings (SSSR count). The van der Waals surface area contributed by atoms with Gasteiger partial charge in [-0.15, -0.1) is 0 Å². The minimum absolute atomic E-state index is 0.584. The molecule has 0 unspecified atom stereocenters. The predicted molar refractivity (Wildman–Crippen MR) is 114 cm³/mol. The Balaban J connectivity index is 1.42. The van der Waals surface area contributed by atoms with Gasteiger partial charge in [0.2, 0.25) is 0 Å². The second-order valence-corrected chi connectivity index (χ2v) is 6.72. The van der Waals surface area contributed by atoms with Gasteiger partial charge in [0.15, 0.2) is 0 Å². The number of piperazine rings is 1. The van der Waals surface area contributed by atoms with Gasteiger partial charge in [0.25, 0.3) is 0 Å². The van der Waals surface area contributed by atoms with E-state index in [9.17, 15) is 5.26 Å². The van der Waals surface area contributed by atoms with E-state index in [0.717, 1.165) is 43.4 Å². The Morgan fingerprint density at radius 1 is 0.966 bits per heavy atom. The van der Waals surface area contributed by atoms with E-state index in [2.05, 4.69) is 43.3 Å². The van der Waals surface area contributed by atoms with Crippen LogP contribution in [0.2, 0.25) is 0 Å². The third-order valence-corrected chi connectivity index (χ3v) is 5.00. The number of para-hydroxylation sites is 1. The van der Waals surface area contributed by atoms with Gasteiger partial charge in [-0.1, -0.05) is 12.1 Å². The highest BCUT2D eigenvalue weighted by molar-refractivity contribution is 5.66. The molecular weight excluding hydrogens is 364 g/mol.